The van der Waals surface area contributed by atoms with Gasteiger partial charge in [-0.25, -0.2) is 8.78 Å². The lowest BCUT2D eigenvalue weighted by Crippen LogP contribution is -2.30. The van der Waals surface area contributed by atoms with Crippen molar-refractivity contribution in [3.8, 4) is 11.5 Å². The van der Waals surface area contributed by atoms with E-state index in [9.17, 15) is 23.5 Å². The highest BCUT2D eigenvalue weighted by Crippen LogP contribution is 2.45. The molecule has 0 spiro atoms. The van der Waals surface area contributed by atoms with E-state index in [1.165, 1.54) is 44.7 Å². The number of ketones is 1. The Morgan fingerprint density at radius 3 is 2.28 bits per heavy atom. The molecule has 2 heterocycles. The van der Waals surface area contributed by atoms with Crippen molar-refractivity contribution in [2.45, 2.75) is 6.04 Å². The standard InChI is InChI=1S/C23H17F2NO6/c1-30-15-5-3-6-16(31-2)18(15)21(27)19-20(17-7-4-10-32-17)26(23(29)22(19)28)14-9-8-12(24)11-13(14)25/h3-11,20,27H,1-2H3/b21-19+. The number of rotatable bonds is 5. The minimum Gasteiger partial charge on any atom is -0.506 e. The number of ether oxygens (including phenoxy) is 2. The van der Waals surface area contributed by atoms with Crippen molar-refractivity contribution in [1.82, 2.24) is 0 Å². The maximum absolute atomic E-state index is 14.6. The number of amides is 1. The average molecular weight is 441 g/mol. The number of anilines is 1. The molecule has 0 saturated carbocycles. The molecule has 1 aromatic heterocycles. The fourth-order valence-electron chi connectivity index (χ4n) is 3.69. The summed E-state index contributed by atoms with van der Waals surface area (Å²) in [6, 6.07) is 8.94. The van der Waals surface area contributed by atoms with Gasteiger partial charge in [-0.05, 0) is 36.4 Å². The summed E-state index contributed by atoms with van der Waals surface area (Å²) >= 11 is 0. The minimum atomic E-state index is -1.32. The highest BCUT2D eigenvalue weighted by molar-refractivity contribution is 6.51. The van der Waals surface area contributed by atoms with Crippen LogP contribution in [0.1, 0.15) is 17.4 Å². The van der Waals surface area contributed by atoms with Gasteiger partial charge in [-0.2, -0.15) is 0 Å². The van der Waals surface area contributed by atoms with E-state index in [1.54, 1.807) is 6.07 Å². The molecule has 1 N–H and O–H groups in total. The quantitative estimate of drug-likeness (QED) is 0.363. The summed E-state index contributed by atoms with van der Waals surface area (Å²) in [5, 5.41) is 11.2. The van der Waals surface area contributed by atoms with Gasteiger partial charge in [0.05, 0.1) is 31.7 Å². The number of aliphatic hydroxyl groups is 1. The summed E-state index contributed by atoms with van der Waals surface area (Å²) in [5.41, 5.74) is -0.677. The fourth-order valence-corrected chi connectivity index (χ4v) is 3.69. The van der Waals surface area contributed by atoms with Crippen LogP contribution in [0.3, 0.4) is 0 Å². The van der Waals surface area contributed by atoms with Crippen molar-refractivity contribution in [1.29, 1.82) is 0 Å². The molecule has 9 heteroatoms. The Hall–Kier alpha value is -4.14. The monoisotopic (exact) mass is 441 g/mol. The first-order chi connectivity index (χ1) is 15.4. The Morgan fingerprint density at radius 1 is 1.03 bits per heavy atom. The molecule has 0 aliphatic carbocycles. The smallest absolute Gasteiger partial charge is 0.300 e. The zero-order valence-corrected chi connectivity index (χ0v) is 17.0. The Morgan fingerprint density at radius 2 is 1.72 bits per heavy atom. The average Bonchev–Trinajstić information content (AvgIpc) is 3.40. The Balaban J connectivity index is 2.00. The molecule has 0 bridgehead atoms. The summed E-state index contributed by atoms with van der Waals surface area (Å²) in [5.74, 6) is -4.26. The maximum atomic E-state index is 14.6. The van der Waals surface area contributed by atoms with Crippen LogP contribution in [0.5, 0.6) is 11.5 Å². The third kappa shape index (κ3) is 3.27. The number of carbonyl (C=O) groups excluding carboxylic acids is 2. The molecule has 0 radical (unpaired) electrons. The predicted molar refractivity (Wildman–Crippen MR) is 109 cm³/mol. The Labute approximate surface area is 181 Å². The van der Waals surface area contributed by atoms with Gasteiger partial charge in [-0.1, -0.05) is 6.07 Å². The van der Waals surface area contributed by atoms with E-state index in [1.807, 2.05) is 0 Å². The molecule has 164 valence electrons. The molecule has 32 heavy (non-hydrogen) atoms. The van der Waals surface area contributed by atoms with Crippen molar-refractivity contribution in [3.05, 3.63) is 83.3 Å². The zero-order valence-electron chi connectivity index (χ0n) is 17.0. The van der Waals surface area contributed by atoms with Crippen LogP contribution in [0.4, 0.5) is 14.5 Å². The maximum Gasteiger partial charge on any atom is 0.300 e. The highest BCUT2D eigenvalue weighted by Gasteiger charge is 2.49. The van der Waals surface area contributed by atoms with Crippen LogP contribution in [0.2, 0.25) is 0 Å². The largest absolute Gasteiger partial charge is 0.506 e. The number of furan rings is 1. The van der Waals surface area contributed by atoms with Crippen LogP contribution in [0.15, 0.2) is 64.8 Å². The molecular formula is C23H17F2NO6. The SMILES string of the molecule is COc1cccc(OC)c1/C(O)=C1\C(=O)C(=O)N(c2ccc(F)cc2F)C1c1ccco1. The summed E-state index contributed by atoms with van der Waals surface area (Å²) in [7, 11) is 2.73. The second-order valence-corrected chi connectivity index (χ2v) is 6.82. The number of hydrogen-bond acceptors (Lipinski definition) is 6. The molecule has 1 saturated heterocycles. The van der Waals surface area contributed by atoms with Crippen LogP contribution in [0, 0.1) is 11.6 Å². The van der Waals surface area contributed by atoms with Crippen molar-refractivity contribution in [2.75, 3.05) is 19.1 Å². The third-order valence-electron chi connectivity index (χ3n) is 5.09. The van der Waals surface area contributed by atoms with Crippen molar-refractivity contribution < 1.29 is 37.4 Å². The molecule has 7 nitrogen and oxygen atoms in total. The molecule has 1 aliphatic heterocycles. The van der Waals surface area contributed by atoms with E-state index < -0.39 is 35.1 Å². The van der Waals surface area contributed by atoms with E-state index in [0.717, 1.165) is 17.0 Å². The van der Waals surface area contributed by atoms with Crippen molar-refractivity contribution in [3.63, 3.8) is 0 Å². The number of nitrogens with zero attached hydrogens (tertiary/aromatic N) is 1. The molecule has 2 aromatic carbocycles. The fraction of sp³-hybridized carbons (Fsp3) is 0.130. The predicted octanol–water partition coefficient (Wildman–Crippen LogP) is 4.20. The first-order valence-electron chi connectivity index (χ1n) is 9.39. The molecule has 1 atom stereocenters. The highest BCUT2D eigenvalue weighted by atomic mass is 19.1. The van der Waals surface area contributed by atoms with Crippen LogP contribution >= 0.6 is 0 Å². The molecule has 1 fully saturated rings. The second kappa shape index (κ2) is 8.18. The van der Waals surface area contributed by atoms with Crippen LogP contribution < -0.4 is 14.4 Å². The van der Waals surface area contributed by atoms with Gasteiger partial charge in [0.15, 0.2) is 0 Å². The summed E-state index contributed by atoms with van der Waals surface area (Å²) in [4.78, 5) is 26.9. The summed E-state index contributed by atoms with van der Waals surface area (Å²) < 4.78 is 44.1. The first kappa shape index (κ1) is 21.1. The molecule has 1 unspecified atom stereocenters. The number of aliphatic hydroxyl groups excluding tert-OH is 1. The van der Waals surface area contributed by atoms with Crippen LogP contribution in [-0.2, 0) is 9.59 Å². The van der Waals surface area contributed by atoms with Crippen molar-refractivity contribution in [2.24, 2.45) is 0 Å². The number of Topliss-reactive ketones (excluding diaryl/α,β-unsaturated/α-hetero) is 1. The van der Waals surface area contributed by atoms with E-state index in [2.05, 4.69) is 0 Å². The first-order valence-corrected chi connectivity index (χ1v) is 9.39. The lowest BCUT2D eigenvalue weighted by Gasteiger charge is -2.24. The van der Waals surface area contributed by atoms with Gasteiger partial charge < -0.3 is 19.0 Å². The second-order valence-electron chi connectivity index (χ2n) is 6.82. The van der Waals surface area contributed by atoms with Gasteiger partial charge in [0, 0.05) is 6.07 Å². The van der Waals surface area contributed by atoms with E-state index in [-0.39, 0.29) is 34.1 Å². The normalized spacial score (nSPS) is 17.6. The molecule has 3 aromatic rings. The van der Waals surface area contributed by atoms with Gasteiger partial charge >= 0.3 is 0 Å². The molecular weight excluding hydrogens is 424 g/mol. The van der Waals surface area contributed by atoms with E-state index in [4.69, 9.17) is 13.9 Å². The lowest BCUT2D eigenvalue weighted by atomic mass is 9.98. The van der Waals surface area contributed by atoms with Gasteiger partial charge in [-0.3, -0.25) is 14.5 Å². The molecule has 1 aliphatic rings. The van der Waals surface area contributed by atoms with Crippen LogP contribution in [0.25, 0.3) is 5.76 Å². The van der Waals surface area contributed by atoms with Crippen LogP contribution in [-0.4, -0.2) is 31.0 Å². The van der Waals surface area contributed by atoms with E-state index >= 15 is 0 Å². The zero-order chi connectivity index (χ0) is 23.0. The topological polar surface area (TPSA) is 89.2 Å². The number of halogens is 2. The molecule has 4 rings (SSSR count). The number of hydrogen-bond donors (Lipinski definition) is 1. The van der Waals surface area contributed by atoms with Crippen molar-refractivity contribution >= 4 is 23.1 Å². The Kier molecular flexibility index (Phi) is 5.40. The van der Waals surface area contributed by atoms with Gasteiger partial charge in [0.2, 0.25) is 0 Å². The summed E-state index contributed by atoms with van der Waals surface area (Å²) in [6.07, 6.45) is 1.31. The number of carbonyl (C=O) groups is 2. The van der Waals surface area contributed by atoms with E-state index in [0.29, 0.717) is 6.07 Å². The number of methoxy groups -OCH3 is 2. The van der Waals surface area contributed by atoms with Gasteiger partial charge in [0.25, 0.3) is 11.7 Å². The van der Waals surface area contributed by atoms with Gasteiger partial charge in [0.1, 0.15) is 46.3 Å². The summed E-state index contributed by atoms with van der Waals surface area (Å²) in [6.45, 7) is 0. The Bertz CT molecular complexity index is 1210. The lowest BCUT2D eigenvalue weighted by molar-refractivity contribution is -0.132. The molecule has 1 amide bonds. The minimum absolute atomic E-state index is 0.0339. The number of benzene rings is 2. The van der Waals surface area contributed by atoms with Gasteiger partial charge in [-0.15, -0.1) is 0 Å². The third-order valence-corrected chi connectivity index (χ3v) is 5.09.